The predicted molar refractivity (Wildman–Crippen MR) is 71.1 cm³/mol. The van der Waals surface area contributed by atoms with Crippen molar-refractivity contribution in [2.24, 2.45) is 0 Å². The number of hydrogen-bond acceptors (Lipinski definition) is 4. The number of ether oxygens (including phenoxy) is 1. The summed E-state index contributed by atoms with van der Waals surface area (Å²) in [6.45, 7) is 6.10. The van der Waals surface area contributed by atoms with E-state index in [4.69, 9.17) is 10.5 Å². The first-order valence-corrected chi connectivity index (χ1v) is 5.89. The molecule has 96 valence electrons. The first kappa shape index (κ1) is 12.4. The number of nitrogens with zero attached hydrogens (tertiary/aromatic N) is 3. The summed E-state index contributed by atoms with van der Waals surface area (Å²) in [5, 5.41) is 0. The second kappa shape index (κ2) is 4.68. The minimum Gasteiger partial charge on any atom is -0.481 e. The molecule has 5 heteroatoms. The van der Waals surface area contributed by atoms with Crippen LogP contribution >= 0.6 is 0 Å². The lowest BCUT2D eigenvalue weighted by atomic mass is 10.1. The highest BCUT2D eigenvalue weighted by Gasteiger charge is 2.16. The second-order valence-corrected chi connectivity index (χ2v) is 4.48. The number of anilines is 1. The molecule has 0 aromatic carbocycles. The minimum atomic E-state index is 0.300. The maximum Gasteiger partial charge on any atom is 0.215 e. The molecular weight excluding hydrogens is 228 g/mol. The Kier molecular flexibility index (Phi) is 3.23. The highest BCUT2D eigenvalue weighted by molar-refractivity contribution is 5.50. The van der Waals surface area contributed by atoms with Crippen molar-refractivity contribution in [3.8, 4) is 11.6 Å². The molecule has 0 aliphatic heterocycles. The van der Waals surface area contributed by atoms with Gasteiger partial charge in [-0.15, -0.1) is 0 Å². The zero-order valence-corrected chi connectivity index (χ0v) is 11.1. The van der Waals surface area contributed by atoms with E-state index in [1.165, 1.54) is 0 Å². The summed E-state index contributed by atoms with van der Waals surface area (Å²) in [5.74, 6) is 2.40. The SMILES string of the molecule is COc1cc(-n2c(C)nc(C(C)C)c2N)ccn1. The normalized spacial score (nSPS) is 10.9. The van der Waals surface area contributed by atoms with Gasteiger partial charge >= 0.3 is 0 Å². The van der Waals surface area contributed by atoms with E-state index in [9.17, 15) is 0 Å². The second-order valence-electron chi connectivity index (χ2n) is 4.48. The lowest BCUT2D eigenvalue weighted by Gasteiger charge is -2.09. The molecule has 0 bridgehead atoms. The monoisotopic (exact) mass is 246 g/mol. The van der Waals surface area contributed by atoms with Crippen LogP contribution in [0.5, 0.6) is 5.88 Å². The number of hydrogen-bond donors (Lipinski definition) is 1. The Balaban J connectivity index is 2.56. The molecule has 18 heavy (non-hydrogen) atoms. The van der Waals surface area contributed by atoms with Crippen LogP contribution in [0.15, 0.2) is 18.3 Å². The molecule has 2 rings (SSSR count). The lowest BCUT2D eigenvalue weighted by Crippen LogP contribution is -2.04. The Labute approximate surface area is 107 Å². The number of nitrogens with two attached hydrogens (primary N) is 1. The first-order chi connectivity index (χ1) is 8.54. The fraction of sp³-hybridized carbons (Fsp3) is 0.385. The van der Waals surface area contributed by atoms with Gasteiger partial charge < -0.3 is 10.5 Å². The number of pyridine rings is 1. The minimum absolute atomic E-state index is 0.300. The highest BCUT2D eigenvalue weighted by atomic mass is 16.5. The summed E-state index contributed by atoms with van der Waals surface area (Å²) in [4.78, 5) is 8.61. The van der Waals surface area contributed by atoms with Crippen LogP contribution in [0.2, 0.25) is 0 Å². The van der Waals surface area contributed by atoms with E-state index < -0.39 is 0 Å². The first-order valence-electron chi connectivity index (χ1n) is 5.89. The van der Waals surface area contributed by atoms with Gasteiger partial charge in [-0.2, -0.15) is 0 Å². The van der Waals surface area contributed by atoms with Crippen LogP contribution in [0.3, 0.4) is 0 Å². The summed E-state index contributed by atoms with van der Waals surface area (Å²) in [7, 11) is 1.59. The van der Waals surface area contributed by atoms with Gasteiger partial charge in [0.1, 0.15) is 11.6 Å². The zero-order chi connectivity index (χ0) is 13.3. The van der Waals surface area contributed by atoms with Gasteiger partial charge in [-0.25, -0.2) is 9.97 Å². The third-order valence-corrected chi connectivity index (χ3v) is 2.84. The van der Waals surface area contributed by atoms with Crippen LogP contribution in [0.1, 0.15) is 31.3 Å². The molecule has 0 saturated carbocycles. The summed E-state index contributed by atoms with van der Waals surface area (Å²) in [6.07, 6.45) is 1.70. The topological polar surface area (TPSA) is 66.0 Å². The molecule has 5 nitrogen and oxygen atoms in total. The fourth-order valence-electron chi connectivity index (χ4n) is 1.97. The van der Waals surface area contributed by atoms with E-state index in [1.807, 2.05) is 23.6 Å². The molecule has 2 N–H and O–H groups in total. The van der Waals surface area contributed by atoms with Crippen molar-refractivity contribution in [1.82, 2.24) is 14.5 Å². The maximum absolute atomic E-state index is 6.17. The molecule has 2 aromatic rings. The Morgan fingerprint density at radius 3 is 2.67 bits per heavy atom. The standard InChI is InChI=1S/C13H18N4O/c1-8(2)12-13(14)17(9(3)16-12)10-5-6-15-11(7-10)18-4/h5-8H,14H2,1-4H3. The number of aromatic nitrogens is 3. The van der Waals surface area contributed by atoms with Gasteiger partial charge in [-0.05, 0) is 18.9 Å². The van der Waals surface area contributed by atoms with E-state index in [0.717, 1.165) is 17.2 Å². The number of nitrogen functional groups attached to an aromatic ring is 1. The van der Waals surface area contributed by atoms with Crippen molar-refractivity contribution in [3.63, 3.8) is 0 Å². The van der Waals surface area contributed by atoms with Gasteiger partial charge in [0.25, 0.3) is 0 Å². The van der Waals surface area contributed by atoms with E-state index in [-0.39, 0.29) is 0 Å². The number of aryl methyl sites for hydroxylation is 1. The van der Waals surface area contributed by atoms with Gasteiger partial charge in [-0.3, -0.25) is 4.57 Å². The van der Waals surface area contributed by atoms with Gasteiger partial charge in [0.2, 0.25) is 5.88 Å². The Morgan fingerprint density at radius 1 is 1.39 bits per heavy atom. The van der Waals surface area contributed by atoms with Gasteiger partial charge in [0, 0.05) is 12.3 Å². The highest BCUT2D eigenvalue weighted by Crippen LogP contribution is 2.26. The molecule has 0 amide bonds. The number of methoxy groups -OCH3 is 1. The van der Waals surface area contributed by atoms with Crippen LogP contribution in [-0.2, 0) is 0 Å². The van der Waals surface area contributed by atoms with Crippen molar-refractivity contribution in [1.29, 1.82) is 0 Å². The molecule has 0 fully saturated rings. The maximum atomic E-state index is 6.17. The quantitative estimate of drug-likeness (QED) is 0.902. The Hall–Kier alpha value is -2.04. The van der Waals surface area contributed by atoms with E-state index in [1.54, 1.807) is 13.3 Å². The van der Waals surface area contributed by atoms with Gasteiger partial charge in [0.15, 0.2) is 0 Å². The van der Waals surface area contributed by atoms with Crippen molar-refractivity contribution in [3.05, 3.63) is 29.8 Å². The molecular formula is C13H18N4O. The molecule has 0 atom stereocenters. The summed E-state index contributed by atoms with van der Waals surface area (Å²) >= 11 is 0. The van der Waals surface area contributed by atoms with Gasteiger partial charge in [-0.1, -0.05) is 13.8 Å². The van der Waals surface area contributed by atoms with Crippen molar-refractivity contribution < 1.29 is 4.74 Å². The molecule has 0 unspecified atom stereocenters. The molecule has 2 heterocycles. The smallest absolute Gasteiger partial charge is 0.215 e. The van der Waals surface area contributed by atoms with Crippen LogP contribution in [-0.4, -0.2) is 21.6 Å². The van der Waals surface area contributed by atoms with Crippen LogP contribution in [0.25, 0.3) is 5.69 Å². The molecule has 0 spiro atoms. The Bertz CT molecular complexity index is 560. The van der Waals surface area contributed by atoms with Crippen LogP contribution < -0.4 is 10.5 Å². The number of imidazole rings is 1. The number of rotatable bonds is 3. The summed E-state index contributed by atoms with van der Waals surface area (Å²) in [6, 6.07) is 3.73. The molecule has 0 saturated heterocycles. The molecule has 0 aliphatic carbocycles. The van der Waals surface area contributed by atoms with E-state index in [0.29, 0.717) is 17.6 Å². The third-order valence-electron chi connectivity index (χ3n) is 2.84. The lowest BCUT2D eigenvalue weighted by molar-refractivity contribution is 0.397. The average Bonchev–Trinajstić information content (AvgIpc) is 2.65. The fourth-order valence-corrected chi connectivity index (χ4v) is 1.97. The molecule has 2 aromatic heterocycles. The average molecular weight is 246 g/mol. The summed E-state index contributed by atoms with van der Waals surface area (Å²) < 4.78 is 7.04. The van der Waals surface area contributed by atoms with Crippen LogP contribution in [0, 0.1) is 6.92 Å². The third kappa shape index (κ3) is 2.03. The van der Waals surface area contributed by atoms with Crippen molar-refractivity contribution in [2.75, 3.05) is 12.8 Å². The van der Waals surface area contributed by atoms with Gasteiger partial charge in [0.05, 0.1) is 18.5 Å². The van der Waals surface area contributed by atoms with Crippen molar-refractivity contribution in [2.45, 2.75) is 26.7 Å². The zero-order valence-electron chi connectivity index (χ0n) is 11.1. The van der Waals surface area contributed by atoms with Crippen LogP contribution in [0.4, 0.5) is 5.82 Å². The Morgan fingerprint density at radius 2 is 2.11 bits per heavy atom. The van der Waals surface area contributed by atoms with E-state index in [2.05, 4.69) is 23.8 Å². The summed E-state index contributed by atoms with van der Waals surface area (Å²) in [5.41, 5.74) is 8.00. The van der Waals surface area contributed by atoms with Crippen molar-refractivity contribution >= 4 is 5.82 Å². The predicted octanol–water partition coefficient (Wildman–Crippen LogP) is 2.29. The molecule has 0 radical (unpaired) electrons. The molecule has 0 aliphatic rings. The van der Waals surface area contributed by atoms with E-state index >= 15 is 0 Å². The largest absolute Gasteiger partial charge is 0.481 e.